The molecule has 21 heavy (non-hydrogen) atoms. The molecular formula is C17H28O4. The first kappa shape index (κ1) is 16.5. The van der Waals surface area contributed by atoms with Gasteiger partial charge in [0.15, 0.2) is 5.79 Å². The highest BCUT2D eigenvalue weighted by atomic mass is 16.7. The molecule has 0 spiro atoms. The van der Waals surface area contributed by atoms with Gasteiger partial charge in [0.25, 0.3) is 0 Å². The Labute approximate surface area is 127 Å². The third kappa shape index (κ3) is 3.86. The van der Waals surface area contributed by atoms with Gasteiger partial charge in [0.1, 0.15) is 0 Å². The monoisotopic (exact) mass is 296 g/mol. The summed E-state index contributed by atoms with van der Waals surface area (Å²) in [7, 11) is 1.40. The lowest BCUT2D eigenvalue weighted by atomic mass is 9.98. The van der Waals surface area contributed by atoms with Gasteiger partial charge >= 0.3 is 5.97 Å². The maximum Gasteiger partial charge on any atom is 0.333 e. The van der Waals surface area contributed by atoms with E-state index in [2.05, 4.69) is 13.5 Å². The van der Waals surface area contributed by atoms with Gasteiger partial charge in [-0.3, -0.25) is 0 Å². The Kier molecular flexibility index (Phi) is 5.82. The zero-order valence-electron chi connectivity index (χ0n) is 13.4. The SMILES string of the molecule is C=C(C(=O)OC)C1CC1C1(CCCCCCC)OCCO1. The smallest absolute Gasteiger partial charge is 0.333 e. The highest BCUT2D eigenvalue weighted by molar-refractivity contribution is 5.88. The van der Waals surface area contributed by atoms with E-state index in [9.17, 15) is 4.79 Å². The zero-order valence-corrected chi connectivity index (χ0v) is 13.4. The lowest BCUT2D eigenvalue weighted by Gasteiger charge is -2.28. The van der Waals surface area contributed by atoms with Crippen LogP contribution in [0.1, 0.15) is 51.9 Å². The second-order valence-electron chi connectivity index (χ2n) is 6.14. The van der Waals surface area contributed by atoms with Gasteiger partial charge in [0.05, 0.1) is 20.3 Å². The van der Waals surface area contributed by atoms with Gasteiger partial charge < -0.3 is 14.2 Å². The van der Waals surface area contributed by atoms with Crippen LogP contribution in [0, 0.1) is 11.8 Å². The van der Waals surface area contributed by atoms with Crippen molar-refractivity contribution in [2.24, 2.45) is 11.8 Å². The van der Waals surface area contributed by atoms with Crippen molar-refractivity contribution in [2.45, 2.75) is 57.7 Å². The molecule has 1 saturated heterocycles. The first-order valence-electron chi connectivity index (χ1n) is 8.19. The van der Waals surface area contributed by atoms with E-state index in [0.717, 1.165) is 19.3 Å². The fourth-order valence-electron chi connectivity index (χ4n) is 3.34. The molecule has 1 saturated carbocycles. The number of methoxy groups -OCH3 is 1. The zero-order chi connectivity index (χ0) is 15.3. The van der Waals surface area contributed by atoms with Crippen LogP contribution in [-0.2, 0) is 19.0 Å². The van der Waals surface area contributed by atoms with E-state index in [-0.39, 0.29) is 17.8 Å². The summed E-state index contributed by atoms with van der Waals surface area (Å²) < 4.78 is 16.7. The van der Waals surface area contributed by atoms with E-state index in [1.165, 1.54) is 32.8 Å². The van der Waals surface area contributed by atoms with E-state index >= 15 is 0 Å². The maximum atomic E-state index is 11.6. The summed E-state index contributed by atoms with van der Waals surface area (Å²) in [6.45, 7) is 7.41. The number of unbranched alkanes of at least 4 members (excludes halogenated alkanes) is 4. The average molecular weight is 296 g/mol. The fourth-order valence-corrected chi connectivity index (χ4v) is 3.34. The van der Waals surface area contributed by atoms with Gasteiger partial charge in [-0.1, -0.05) is 39.2 Å². The van der Waals surface area contributed by atoms with Gasteiger partial charge in [-0.05, 0) is 18.8 Å². The number of ether oxygens (including phenoxy) is 3. The van der Waals surface area contributed by atoms with Crippen molar-refractivity contribution >= 4 is 5.97 Å². The molecule has 0 bridgehead atoms. The van der Waals surface area contributed by atoms with Gasteiger partial charge in [-0.15, -0.1) is 0 Å². The van der Waals surface area contributed by atoms with E-state index in [1.807, 2.05) is 0 Å². The Bertz CT molecular complexity index is 371. The first-order chi connectivity index (χ1) is 10.1. The minimum atomic E-state index is -0.478. The van der Waals surface area contributed by atoms with Crippen LogP contribution in [0.15, 0.2) is 12.2 Å². The number of carbonyl (C=O) groups excluding carboxylic acids is 1. The molecule has 4 nitrogen and oxygen atoms in total. The Morgan fingerprint density at radius 1 is 1.24 bits per heavy atom. The second kappa shape index (κ2) is 7.41. The maximum absolute atomic E-state index is 11.6. The van der Waals surface area contributed by atoms with E-state index < -0.39 is 5.79 Å². The quantitative estimate of drug-likeness (QED) is 0.371. The molecule has 0 N–H and O–H groups in total. The molecular weight excluding hydrogens is 268 g/mol. The topological polar surface area (TPSA) is 44.8 Å². The van der Waals surface area contributed by atoms with Crippen LogP contribution in [0.25, 0.3) is 0 Å². The second-order valence-corrected chi connectivity index (χ2v) is 6.14. The van der Waals surface area contributed by atoms with Crippen LogP contribution >= 0.6 is 0 Å². The molecule has 1 aliphatic carbocycles. The van der Waals surface area contributed by atoms with Gasteiger partial charge in [-0.2, -0.15) is 0 Å². The molecule has 0 aromatic carbocycles. The van der Waals surface area contributed by atoms with Crippen molar-refractivity contribution in [3.63, 3.8) is 0 Å². The highest BCUT2D eigenvalue weighted by Crippen LogP contribution is 2.55. The van der Waals surface area contributed by atoms with Crippen molar-refractivity contribution in [1.29, 1.82) is 0 Å². The molecule has 0 aromatic heterocycles. The summed E-state index contributed by atoms with van der Waals surface area (Å²) in [4.78, 5) is 11.6. The molecule has 120 valence electrons. The van der Waals surface area contributed by atoms with Crippen LogP contribution in [-0.4, -0.2) is 32.1 Å². The van der Waals surface area contributed by atoms with Crippen LogP contribution in [0.2, 0.25) is 0 Å². The first-order valence-corrected chi connectivity index (χ1v) is 8.19. The molecule has 2 rings (SSSR count). The summed E-state index contributed by atoms with van der Waals surface area (Å²) in [5.41, 5.74) is 0.562. The third-order valence-electron chi connectivity index (χ3n) is 4.66. The lowest BCUT2D eigenvalue weighted by Crippen LogP contribution is -2.34. The lowest BCUT2D eigenvalue weighted by molar-refractivity contribution is -0.181. The summed E-state index contributed by atoms with van der Waals surface area (Å²) in [5.74, 6) is -0.365. The standard InChI is InChI=1S/C17H28O4/c1-4-5-6-7-8-9-17(20-10-11-21-17)15-12-14(15)13(2)16(18)19-3/h14-15H,2,4-12H2,1,3H3. The number of rotatable bonds is 9. The number of hydrogen-bond acceptors (Lipinski definition) is 4. The van der Waals surface area contributed by atoms with E-state index in [4.69, 9.17) is 14.2 Å². The molecule has 2 atom stereocenters. The summed E-state index contributed by atoms with van der Waals surface area (Å²) in [6.07, 6.45) is 8.00. The average Bonchev–Trinajstić information content (AvgIpc) is 3.18. The largest absolute Gasteiger partial charge is 0.466 e. The normalized spacial score (nSPS) is 26.6. The highest BCUT2D eigenvalue weighted by Gasteiger charge is 2.57. The Morgan fingerprint density at radius 2 is 1.90 bits per heavy atom. The van der Waals surface area contributed by atoms with Crippen molar-refractivity contribution in [2.75, 3.05) is 20.3 Å². The van der Waals surface area contributed by atoms with Gasteiger partial charge in [-0.25, -0.2) is 4.79 Å². The van der Waals surface area contributed by atoms with Gasteiger partial charge in [0.2, 0.25) is 0 Å². The Hall–Kier alpha value is -0.870. The molecule has 0 radical (unpaired) electrons. The molecule has 2 aliphatic rings. The summed E-state index contributed by atoms with van der Waals surface area (Å²) in [6, 6.07) is 0. The van der Waals surface area contributed by atoms with Crippen LogP contribution < -0.4 is 0 Å². The van der Waals surface area contributed by atoms with Crippen molar-refractivity contribution in [1.82, 2.24) is 0 Å². The number of carbonyl (C=O) groups is 1. The van der Waals surface area contributed by atoms with Gasteiger partial charge in [0, 0.05) is 17.9 Å². The fraction of sp³-hybridized carbons (Fsp3) is 0.824. The molecule has 0 aromatic rings. The summed E-state index contributed by atoms with van der Waals surface area (Å²) >= 11 is 0. The van der Waals surface area contributed by atoms with E-state index in [1.54, 1.807) is 0 Å². The Morgan fingerprint density at radius 3 is 2.52 bits per heavy atom. The number of esters is 1. The third-order valence-corrected chi connectivity index (χ3v) is 4.66. The molecule has 1 heterocycles. The predicted octanol–water partition coefficient (Wildman–Crippen LogP) is 3.46. The molecule has 1 aliphatic heterocycles. The van der Waals surface area contributed by atoms with Crippen LogP contribution in [0.4, 0.5) is 0 Å². The van der Waals surface area contributed by atoms with Crippen molar-refractivity contribution < 1.29 is 19.0 Å². The van der Waals surface area contributed by atoms with E-state index in [0.29, 0.717) is 18.8 Å². The Balaban J connectivity index is 1.85. The van der Waals surface area contributed by atoms with Crippen molar-refractivity contribution in [3.8, 4) is 0 Å². The van der Waals surface area contributed by atoms with Crippen molar-refractivity contribution in [3.05, 3.63) is 12.2 Å². The minimum Gasteiger partial charge on any atom is -0.466 e. The van der Waals surface area contributed by atoms with Crippen LogP contribution in [0.3, 0.4) is 0 Å². The molecule has 4 heteroatoms. The summed E-state index contributed by atoms with van der Waals surface area (Å²) in [5, 5.41) is 0. The molecule has 0 amide bonds. The number of hydrogen-bond donors (Lipinski definition) is 0. The molecule has 2 unspecified atom stereocenters. The molecule has 2 fully saturated rings. The predicted molar refractivity (Wildman–Crippen MR) is 80.8 cm³/mol. The minimum absolute atomic E-state index is 0.159. The van der Waals surface area contributed by atoms with Crippen LogP contribution in [0.5, 0.6) is 0 Å².